The molecule has 2 aromatic carbocycles. The molecule has 0 radical (unpaired) electrons. The van der Waals surface area contributed by atoms with E-state index in [2.05, 4.69) is 17.4 Å². The maximum absolute atomic E-state index is 11.2. The number of amides is 1. The van der Waals surface area contributed by atoms with Crippen LogP contribution in [0.15, 0.2) is 36.4 Å². The molecule has 0 atom stereocenters. The Hall–Kier alpha value is -1.83. The molecule has 68 valence electrons. The van der Waals surface area contributed by atoms with E-state index in [9.17, 15) is 4.79 Å². The molecule has 0 fully saturated rings. The van der Waals surface area contributed by atoms with E-state index >= 15 is 0 Å². The highest BCUT2D eigenvalue weighted by Gasteiger charge is 2.18. The minimum atomic E-state index is 0.0938. The second-order valence-electron chi connectivity index (χ2n) is 3.55. The summed E-state index contributed by atoms with van der Waals surface area (Å²) in [6.45, 7) is 0. The average molecular weight is 183 g/mol. The lowest BCUT2D eigenvalue weighted by Gasteiger charge is -2.03. The van der Waals surface area contributed by atoms with Crippen LogP contribution in [0.3, 0.4) is 0 Å². The maximum Gasteiger partial charge on any atom is 0.228 e. The average Bonchev–Trinajstić information content (AvgIpc) is 2.59. The Morgan fingerprint density at radius 2 is 1.93 bits per heavy atom. The maximum atomic E-state index is 11.2. The third-order valence-electron chi connectivity index (χ3n) is 2.63. The van der Waals surface area contributed by atoms with E-state index < -0.39 is 0 Å². The third-order valence-corrected chi connectivity index (χ3v) is 2.63. The molecule has 0 unspecified atom stereocenters. The molecular formula is C12H9NO. The largest absolute Gasteiger partial charge is 0.325 e. The molecule has 1 amide bonds. The van der Waals surface area contributed by atoms with Crippen LogP contribution in [0.25, 0.3) is 10.8 Å². The highest BCUT2D eigenvalue weighted by molar-refractivity contribution is 6.09. The van der Waals surface area contributed by atoms with E-state index in [1.165, 1.54) is 5.39 Å². The van der Waals surface area contributed by atoms with Crippen LogP contribution in [0.2, 0.25) is 0 Å². The predicted molar refractivity (Wildman–Crippen MR) is 56.3 cm³/mol. The molecule has 0 aliphatic carbocycles. The van der Waals surface area contributed by atoms with Crippen molar-refractivity contribution in [2.45, 2.75) is 6.42 Å². The third kappa shape index (κ3) is 0.940. The first-order chi connectivity index (χ1) is 6.84. The fourth-order valence-corrected chi connectivity index (χ4v) is 1.97. The first-order valence-corrected chi connectivity index (χ1v) is 4.65. The van der Waals surface area contributed by atoms with Gasteiger partial charge in [0, 0.05) is 5.39 Å². The van der Waals surface area contributed by atoms with E-state index in [0.29, 0.717) is 6.42 Å². The second kappa shape index (κ2) is 2.58. The molecule has 1 aliphatic rings. The van der Waals surface area contributed by atoms with Crippen molar-refractivity contribution in [1.82, 2.24) is 0 Å². The standard InChI is InChI=1S/C12H9NO/c14-11-7-9-6-5-8-3-1-2-4-10(8)12(9)13-11/h1-6H,7H2,(H,13,14). The molecule has 2 nitrogen and oxygen atoms in total. The minimum absolute atomic E-state index is 0.0938. The Morgan fingerprint density at radius 1 is 1.07 bits per heavy atom. The Bertz CT molecular complexity index is 531. The molecule has 0 bridgehead atoms. The number of hydrogen-bond donors (Lipinski definition) is 1. The van der Waals surface area contributed by atoms with Gasteiger partial charge in [-0.3, -0.25) is 4.79 Å². The van der Waals surface area contributed by atoms with Gasteiger partial charge in [0.25, 0.3) is 0 Å². The van der Waals surface area contributed by atoms with E-state index in [-0.39, 0.29) is 5.91 Å². The number of rotatable bonds is 0. The van der Waals surface area contributed by atoms with Crippen LogP contribution in [0.1, 0.15) is 5.56 Å². The fourth-order valence-electron chi connectivity index (χ4n) is 1.97. The molecule has 1 N–H and O–H groups in total. The van der Waals surface area contributed by atoms with Crippen LogP contribution in [-0.2, 0) is 11.2 Å². The second-order valence-corrected chi connectivity index (χ2v) is 3.55. The molecule has 1 aliphatic heterocycles. The first kappa shape index (κ1) is 7.56. The van der Waals surface area contributed by atoms with Crippen LogP contribution < -0.4 is 5.32 Å². The Balaban J connectivity index is 2.39. The van der Waals surface area contributed by atoms with Gasteiger partial charge in [-0.25, -0.2) is 0 Å². The number of carbonyl (C=O) groups excluding carboxylic acids is 1. The molecule has 0 saturated carbocycles. The summed E-state index contributed by atoms with van der Waals surface area (Å²) in [6.07, 6.45) is 0.514. The van der Waals surface area contributed by atoms with Gasteiger partial charge in [0.05, 0.1) is 12.1 Å². The highest BCUT2D eigenvalue weighted by atomic mass is 16.1. The van der Waals surface area contributed by atoms with E-state index in [0.717, 1.165) is 16.6 Å². The summed E-state index contributed by atoms with van der Waals surface area (Å²) < 4.78 is 0. The van der Waals surface area contributed by atoms with Gasteiger partial charge < -0.3 is 5.32 Å². The van der Waals surface area contributed by atoms with Crippen molar-refractivity contribution >= 4 is 22.4 Å². The van der Waals surface area contributed by atoms with E-state index in [1.54, 1.807) is 0 Å². The number of hydrogen-bond acceptors (Lipinski definition) is 1. The topological polar surface area (TPSA) is 29.1 Å². The minimum Gasteiger partial charge on any atom is -0.325 e. The SMILES string of the molecule is O=C1Cc2ccc3ccccc3c2N1. The lowest BCUT2D eigenvalue weighted by Crippen LogP contribution is -2.03. The molecule has 3 rings (SSSR count). The number of fused-ring (bicyclic) bond motifs is 3. The van der Waals surface area contributed by atoms with Crippen molar-refractivity contribution in [1.29, 1.82) is 0 Å². The summed E-state index contributed by atoms with van der Waals surface area (Å²) in [4.78, 5) is 11.2. The summed E-state index contributed by atoms with van der Waals surface area (Å²) in [5.74, 6) is 0.0938. The molecular weight excluding hydrogens is 174 g/mol. The summed E-state index contributed by atoms with van der Waals surface area (Å²) >= 11 is 0. The van der Waals surface area contributed by atoms with Gasteiger partial charge in [0.1, 0.15) is 0 Å². The smallest absolute Gasteiger partial charge is 0.228 e. The molecule has 2 heteroatoms. The van der Waals surface area contributed by atoms with Crippen molar-refractivity contribution in [2.75, 3.05) is 5.32 Å². The van der Waals surface area contributed by atoms with E-state index in [4.69, 9.17) is 0 Å². The molecule has 0 saturated heterocycles. The zero-order valence-electron chi connectivity index (χ0n) is 7.58. The first-order valence-electron chi connectivity index (χ1n) is 4.65. The van der Waals surface area contributed by atoms with Gasteiger partial charge in [-0.1, -0.05) is 36.4 Å². The Labute approximate surface area is 81.5 Å². The van der Waals surface area contributed by atoms with E-state index in [1.807, 2.05) is 24.3 Å². The van der Waals surface area contributed by atoms with Gasteiger partial charge in [-0.15, -0.1) is 0 Å². The number of nitrogens with one attached hydrogen (secondary N) is 1. The highest BCUT2D eigenvalue weighted by Crippen LogP contribution is 2.31. The Morgan fingerprint density at radius 3 is 2.86 bits per heavy atom. The summed E-state index contributed by atoms with van der Waals surface area (Å²) in [6, 6.07) is 12.2. The molecule has 14 heavy (non-hydrogen) atoms. The molecule has 0 aromatic heterocycles. The van der Waals surface area contributed by atoms with Gasteiger partial charge >= 0.3 is 0 Å². The lowest BCUT2D eigenvalue weighted by atomic mass is 10.0. The molecule has 2 aromatic rings. The normalized spacial score (nSPS) is 14.1. The summed E-state index contributed by atoms with van der Waals surface area (Å²) in [5, 5.41) is 5.21. The molecule has 0 spiro atoms. The lowest BCUT2D eigenvalue weighted by molar-refractivity contribution is -0.115. The van der Waals surface area contributed by atoms with Crippen LogP contribution >= 0.6 is 0 Å². The molecule has 1 heterocycles. The number of anilines is 1. The van der Waals surface area contributed by atoms with Crippen molar-refractivity contribution in [3.05, 3.63) is 42.0 Å². The summed E-state index contributed by atoms with van der Waals surface area (Å²) in [5.41, 5.74) is 2.10. The summed E-state index contributed by atoms with van der Waals surface area (Å²) in [7, 11) is 0. The van der Waals surface area contributed by atoms with Crippen LogP contribution in [-0.4, -0.2) is 5.91 Å². The van der Waals surface area contributed by atoms with Gasteiger partial charge in [-0.05, 0) is 10.9 Å². The van der Waals surface area contributed by atoms with Crippen molar-refractivity contribution < 1.29 is 4.79 Å². The fraction of sp³-hybridized carbons (Fsp3) is 0.0833. The predicted octanol–water partition coefficient (Wildman–Crippen LogP) is 2.33. The quantitative estimate of drug-likeness (QED) is 0.667. The number of carbonyl (C=O) groups is 1. The monoisotopic (exact) mass is 183 g/mol. The van der Waals surface area contributed by atoms with Crippen LogP contribution in [0.4, 0.5) is 5.69 Å². The van der Waals surface area contributed by atoms with Gasteiger partial charge in [0.15, 0.2) is 0 Å². The Kier molecular flexibility index (Phi) is 1.39. The van der Waals surface area contributed by atoms with Crippen molar-refractivity contribution in [2.24, 2.45) is 0 Å². The van der Waals surface area contributed by atoms with Crippen LogP contribution in [0.5, 0.6) is 0 Å². The number of benzene rings is 2. The zero-order valence-corrected chi connectivity index (χ0v) is 7.58. The van der Waals surface area contributed by atoms with Crippen molar-refractivity contribution in [3.8, 4) is 0 Å². The van der Waals surface area contributed by atoms with Crippen molar-refractivity contribution in [3.63, 3.8) is 0 Å². The van der Waals surface area contributed by atoms with Gasteiger partial charge in [0.2, 0.25) is 5.91 Å². The zero-order chi connectivity index (χ0) is 9.54. The van der Waals surface area contributed by atoms with Crippen LogP contribution in [0, 0.1) is 0 Å². The van der Waals surface area contributed by atoms with Gasteiger partial charge in [-0.2, -0.15) is 0 Å².